The first-order chi connectivity index (χ1) is 8.56. The zero-order valence-electron chi connectivity index (χ0n) is 11.0. The van der Waals surface area contributed by atoms with E-state index in [1.54, 1.807) is 18.3 Å². The number of nitrogens with zero attached hydrogens (tertiary/aromatic N) is 1. The van der Waals surface area contributed by atoms with Crippen LogP contribution in [0.25, 0.3) is 0 Å². The van der Waals surface area contributed by atoms with E-state index in [0.29, 0.717) is 12.1 Å². The van der Waals surface area contributed by atoms with E-state index in [1.165, 1.54) is 0 Å². The molecule has 1 heterocycles. The van der Waals surface area contributed by atoms with Gasteiger partial charge in [0, 0.05) is 17.5 Å². The number of pyridine rings is 1. The van der Waals surface area contributed by atoms with Crippen LogP contribution in [0, 0.1) is 0 Å². The number of carbonyl (C=O) groups excluding carboxylic acids is 1. The predicted octanol–water partition coefficient (Wildman–Crippen LogP) is 3.50. The predicted molar refractivity (Wildman–Crippen MR) is 81.1 cm³/mol. The van der Waals surface area contributed by atoms with Crippen LogP contribution in [0.5, 0.6) is 0 Å². The summed E-state index contributed by atoms with van der Waals surface area (Å²) in [5.41, 5.74) is 0.598. The summed E-state index contributed by atoms with van der Waals surface area (Å²) in [6.07, 6.45) is 5.77. The highest BCUT2D eigenvalue weighted by molar-refractivity contribution is 9.10. The lowest BCUT2D eigenvalue weighted by atomic mass is 10.0. The van der Waals surface area contributed by atoms with Crippen LogP contribution >= 0.6 is 27.7 Å². The summed E-state index contributed by atoms with van der Waals surface area (Å²) in [7, 11) is 0. The van der Waals surface area contributed by atoms with E-state index < -0.39 is 0 Å². The summed E-state index contributed by atoms with van der Waals surface area (Å²) in [5, 5.41) is 3.00. The molecule has 1 aromatic rings. The molecule has 0 aromatic carbocycles. The zero-order chi connectivity index (χ0) is 13.6. The van der Waals surface area contributed by atoms with Gasteiger partial charge >= 0.3 is 0 Å². The normalized spacial score (nSPS) is 11.3. The lowest BCUT2D eigenvalue weighted by Crippen LogP contribution is -2.39. The molecular formula is C13H19BrN2OS. The Morgan fingerprint density at radius 1 is 1.44 bits per heavy atom. The number of nitrogens with one attached hydrogen (secondary N) is 1. The van der Waals surface area contributed by atoms with E-state index in [2.05, 4.69) is 46.3 Å². The monoisotopic (exact) mass is 330 g/mol. The zero-order valence-corrected chi connectivity index (χ0v) is 13.4. The molecule has 1 N–H and O–H groups in total. The third-order valence-electron chi connectivity index (χ3n) is 3.28. The van der Waals surface area contributed by atoms with Crippen molar-refractivity contribution in [2.75, 3.05) is 12.8 Å². The molecule has 3 nitrogen and oxygen atoms in total. The first-order valence-corrected chi connectivity index (χ1v) is 8.03. The quantitative estimate of drug-likeness (QED) is 0.812. The van der Waals surface area contributed by atoms with Crippen LogP contribution in [0.3, 0.4) is 0 Å². The van der Waals surface area contributed by atoms with Gasteiger partial charge < -0.3 is 5.32 Å². The second-order valence-electron chi connectivity index (χ2n) is 4.15. The van der Waals surface area contributed by atoms with Gasteiger partial charge in [-0.2, -0.15) is 11.8 Å². The lowest BCUT2D eigenvalue weighted by molar-refractivity contribution is 0.0948. The van der Waals surface area contributed by atoms with Crippen molar-refractivity contribution in [2.24, 2.45) is 0 Å². The molecule has 0 aliphatic heterocycles. The van der Waals surface area contributed by atoms with Gasteiger partial charge in [0.15, 0.2) is 0 Å². The Balaban J connectivity index is 2.63. The topological polar surface area (TPSA) is 42.0 Å². The van der Waals surface area contributed by atoms with Gasteiger partial charge in [-0.25, -0.2) is 4.98 Å². The van der Waals surface area contributed by atoms with Crippen LogP contribution < -0.4 is 5.32 Å². The average Bonchev–Trinajstić information content (AvgIpc) is 2.41. The Bertz CT molecular complexity index is 382. The van der Waals surface area contributed by atoms with Crippen molar-refractivity contribution in [1.82, 2.24) is 10.3 Å². The fourth-order valence-electron chi connectivity index (χ4n) is 1.71. The summed E-state index contributed by atoms with van der Waals surface area (Å²) in [6, 6.07) is 3.54. The van der Waals surface area contributed by atoms with Crippen molar-refractivity contribution >= 4 is 33.6 Å². The van der Waals surface area contributed by atoms with Gasteiger partial charge in [-0.3, -0.25) is 4.79 Å². The highest BCUT2D eigenvalue weighted by Gasteiger charge is 2.25. The molecule has 1 amide bonds. The standard InChI is InChI=1S/C13H19BrN2OS/c1-4-13(5-2,18-3)9-16-12(17)10-6-7-11(14)15-8-10/h6-8H,4-5,9H2,1-3H3,(H,16,17). The molecule has 0 bridgehead atoms. The van der Waals surface area contributed by atoms with Gasteiger partial charge in [0.1, 0.15) is 4.60 Å². The summed E-state index contributed by atoms with van der Waals surface area (Å²) in [5.74, 6) is -0.0599. The summed E-state index contributed by atoms with van der Waals surface area (Å²) in [4.78, 5) is 16.0. The fraction of sp³-hybridized carbons (Fsp3) is 0.538. The van der Waals surface area contributed by atoms with Crippen LogP contribution in [0.2, 0.25) is 0 Å². The van der Waals surface area contributed by atoms with Crippen LogP contribution in [-0.2, 0) is 0 Å². The summed E-state index contributed by atoms with van der Waals surface area (Å²) < 4.78 is 0.873. The maximum Gasteiger partial charge on any atom is 0.252 e. The number of halogens is 1. The van der Waals surface area contributed by atoms with E-state index >= 15 is 0 Å². The highest BCUT2D eigenvalue weighted by atomic mass is 79.9. The molecule has 1 aromatic heterocycles. The summed E-state index contributed by atoms with van der Waals surface area (Å²) >= 11 is 5.07. The Morgan fingerprint density at radius 2 is 2.11 bits per heavy atom. The van der Waals surface area contributed by atoms with Crippen molar-refractivity contribution in [2.45, 2.75) is 31.4 Å². The van der Waals surface area contributed by atoms with Crippen LogP contribution in [0.4, 0.5) is 0 Å². The van der Waals surface area contributed by atoms with E-state index in [4.69, 9.17) is 0 Å². The van der Waals surface area contributed by atoms with E-state index in [-0.39, 0.29) is 10.7 Å². The first kappa shape index (κ1) is 15.5. The third-order valence-corrected chi connectivity index (χ3v) is 5.34. The maximum atomic E-state index is 12.0. The molecule has 18 heavy (non-hydrogen) atoms. The van der Waals surface area contributed by atoms with Crippen molar-refractivity contribution in [3.8, 4) is 0 Å². The van der Waals surface area contributed by atoms with Gasteiger partial charge in [0.2, 0.25) is 0 Å². The Morgan fingerprint density at radius 3 is 2.56 bits per heavy atom. The van der Waals surface area contributed by atoms with Crippen LogP contribution in [0.1, 0.15) is 37.0 Å². The number of thioether (sulfide) groups is 1. The minimum Gasteiger partial charge on any atom is -0.351 e. The second-order valence-corrected chi connectivity index (χ2v) is 6.23. The highest BCUT2D eigenvalue weighted by Crippen LogP contribution is 2.29. The Hall–Kier alpha value is -0.550. The molecule has 0 fully saturated rings. The van der Waals surface area contributed by atoms with Crippen molar-refractivity contribution < 1.29 is 4.79 Å². The summed E-state index contributed by atoms with van der Waals surface area (Å²) in [6.45, 7) is 5.01. The molecule has 0 aliphatic carbocycles. The molecule has 1 rings (SSSR count). The smallest absolute Gasteiger partial charge is 0.252 e. The average molecular weight is 331 g/mol. The molecular weight excluding hydrogens is 312 g/mol. The number of aromatic nitrogens is 1. The van der Waals surface area contributed by atoms with Crippen LogP contribution in [-0.4, -0.2) is 28.4 Å². The minimum absolute atomic E-state index is 0.0599. The molecule has 0 atom stereocenters. The van der Waals surface area contributed by atoms with Gasteiger partial charge in [-0.15, -0.1) is 0 Å². The molecule has 100 valence electrons. The second kappa shape index (κ2) is 7.14. The van der Waals surface area contributed by atoms with E-state index in [1.807, 2.05) is 11.8 Å². The Labute approximate surface area is 121 Å². The molecule has 0 saturated carbocycles. The molecule has 0 radical (unpaired) electrons. The van der Waals surface area contributed by atoms with Crippen molar-refractivity contribution in [3.63, 3.8) is 0 Å². The van der Waals surface area contributed by atoms with Gasteiger partial charge in [-0.05, 0) is 47.2 Å². The molecule has 0 unspecified atom stereocenters. The molecule has 0 saturated heterocycles. The van der Waals surface area contributed by atoms with Crippen LogP contribution in [0.15, 0.2) is 22.9 Å². The molecule has 0 aliphatic rings. The molecule has 0 spiro atoms. The van der Waals surface area contributed by atoms with Gasteiger partial charge in [-0.1, -0.05) is 13.8 Å². The van der Waals surface area contributed by atoms with Gasteiger partial charge in [0.25, 0.3) is 5.91 Å². The molecule has 5 heteroatoms. The number of rotatable bonds is 6. The van der Waals surface area contributed by atoms with E-state index in [0.717, 1.165) is 17.4 Å². The van der Waals surface area contributed by atoms with E-state index in [9.17, 15) is 4.79 Å². The number of carbonyl (C=O) groups is 1. The largest absolute Gasteiger partial charge is 0.351 e. The van der Waals surface area contributed by atoms with Crippen molar-refractivity contribution in [1.29, 1.82) is 0 Å². The number of amides is 1. The minimum atomic E-state index is -0.0599. The maximum absolute atomic E-state index is 12.0. The number of hydrogen-bond donors (Lipinski definition) is 1. The van der Waals surface area contributed by atoms with Gasteiger partial charge in [0.05, 0.1) is 5.56 Å². The lowest BCUT2D eigenvalue weighted by Gasteiger charge is -2.29. The van der Waals surface area contributed by atoms with Crippen molar-refractivity contribution in [3.05, 3.63) is 28.5 Å². The Kier molecular flexibility index (Phi) is 6.15. The first-order valence-electron chi connectivity index (χ1n) is 6.02. The SMILES string of the molecule is CCC(CC)(CNC(=O)c1ccc(Br)nc1)SC. The third kappa shape index (κ3) is 3.99. The fourth-order valence-corrected chi connectivity index (χ4v) is 2.74. The number of hydrogen-bond acceptors (Lipinski definition) is 3.